The fourth-order valence-electron chi connectivity index (χ4n) is 5.91. The number of carbonyl (C=O) groups is 2. The van der Waals surface area contributed by atoms with E-state index >= 15 is 0 Å². The third-order valence-corrected chi connectivity index (χ3v) is 8.27. The molecule has 0 saturated carbocycles. The summed E-state index contributed by atoms with van der Waals surface area (Å²) in [4.78, 5) is 28.2. The van der Waals surface area contributed by atoms with E-state index in [9.17, 15) is 9.59 Å². The molecule has 0 unspecified atom stereocenters. The maximum Gasteiger partial charge on any atom is 0.253 e. The molecule has 0 atom stereocenters. The maximum absolute atomic E-state index is 13.2. The number of nitrogens with one attached hydrogen (secondary N) is 2. The Bertz CT molecular complexity index is 1030. The van der Waals surface area contributed by atoms with Crippen LogP contribution in [0.3, 0.4) is 0 Å². The Balaban J connectivity index is 1.46. The Morgan fingerprint density at radius 1 is 0.829 bits per heavy atom. The van der Waals surface area contributed by atoms with Crippen LogP contribution in [0.5, 0.6) is 0 Å². The van der Waals surface area contributed by atoms with Crippen molar-refractivity contribution in [3.05, 3.63) is 59.7 Å². The summed E-state index contributed by atoms with van der Waals surface area (Å²) in [5.74, 6) is 0.615. The molecule has 2 N–H and O–H groups in total. The van der Waals surface area contributed by atoms with Crippen LogP contribution in [0.4, 0.5) is 11.4 Å². The van der Waals surface area contributed by atoms with Gasteiger partial charge in [-0.1, -0.05) is 101 Å². The highest BCUT2D eigenvalue weighted by Gasteiger charge is 2.24. The smallest absolute Gasteiger partial charge is 0.253 e. The molecule has 5 heteroatoms. The van der Waals surface area contributed by atoms with Crippen molar-refractivity contribution in [1.29, 1.82) is 0 Å². The molecule has 226 valence electrons. The molecule has 5 nitrogen and oxygen atoms in total. The van der Waals surface area contributed by atoms with E-state index in [4.69, 9.17) is 0 Å². The fourth-order valence-corrected chi connectivity index (χ4v) is 5.91. The summed E-state index contributed by atoms with van der Waals surface area (Å²) < 4.78 is 0. The number of anilines is 2. The topological polar surface area (TPSA) is 61.4 Å². The fraction of sp³-hybridized carbons (Fsp3) is 0.611. The minimum Gasteiger partial charge on any atom is -0.371 e. The predicted molar refractivity (Wildman–Crippen MR) is 174 cm³/mol. The second-order valence-corrected chi connectivity index (χ2v) is 12.3. The zero-order valence-corrected chi connectivity index (χ0v) is 26.1. The normalized spacial score (nSPS) is 13.9. The van der Waals surface area contributed by atoms with E-state index < -0.39 is 0 Å². The summed E-state index contributed by atoms with van der Waals surface area (Å²) in [6.45, 7) is 8.09. The van der Waals surface area contributed by atoms with Gasteiger partial charge < -0.3 is 15.5 Å². The monoisotopic (exact) mass is 561 g/mol. The summed E-state index contributed by atoms with van der Waals surface area (Å²) in [7, 11) is 0. The number of hydrogen-bond acceptors (Lipinski definition) is 3. The maximum atomic E-state index is 13.2. The van der Waals surface area contributed by atoms with Crippen LogP contribution in [0.15, 0.2) is 48.5 Å². The van der Waals surface area contributed by atoms with Crippen molar-refractivity contribution in [3.63, 3.8) is 0 Å². The first kappa shape index (κ1) is 32.7. The van der Waals surface area contributed by atoms with Crippen molar-refractivity contribution in [3.8, 4) is 0 Å². The lowest BCUT2D eigenvalue weighted by atomic mass is 9.89. The van der Waals surface area contributed by atoms with Gasteiger partial charge in [-0.15, -0.1) is 0 Å². The minimum absolute atomic E-state index is 0.0330. The average Bonchev–Trinajstić information content (AvgIpc) is 2.96. The Kier molecular flexibility index (Phi) is 14.8. The van der Waals surface area contributed by atoms with Gasteiger partial charge in [0.05, 0.1) is 5.56 Å². The lowest BCUT2D eigenvalue weighted by Crippen LogP contribution is -2.37. The second-order valence-electron chi connectivity index (χ2n) is 12.3. The Morgan fingerprint density at radius 2 is 1.44 bits per heavy atom. The van der Waals surface area contributed by atoms with Crippen molar-refractivity contribution in [2.75, 3.05) is 23.3 Å². The van der Waals surface area contributed by atoms with Crippen molar-refractivity contribution >= 4 is 23.2 Å². The molecule has 0 spiro atoms. The molecule has 0 bridgehead atoms. The number of benzene rings is 2. The van der Waals surface area contributed by atoms with Gasteiger partial charge in [-0.05, 0) is 69.2 Å². The van der Waals surface area contributed by atoms with Gasteiger partial charge in [0, 0.05) is 36.9 Å². The number of nitrogens with zero attached hydrogens (tertiary/aromatic N) is 1. The van der Waals surface area contributed by atoms with Crippen LogP contribution in [-0.2, 0) is 11.2 Å². The molecule has 41 heavy (non-hydrogen) atoms. The van der Waals surface area contributed by atoms with Gasteiger partial charge in [0.2, 0.25) is 5.91 Å². The van der Waals surface area contributed by atoms with Crippen LogP contribution in [0.1, 0.15) is 127 Å². The van der Waals surface area contributed by atoms with Crippen LogP contribution in [-0.4, -0.2) is 30.9 Å². The van der Waals surface area contributed by atoms with Crippen LogP contribution >= 0.6 is 0 Å². The molecule has 0 aromatic heterocycles. The van der Waals surface area contributed by atoms with Crippen LogP contribution in [0.2, 0.25) is 0 Å². The summed E-state index contributed by atoms with van der Waals surface area (Å²) in [5, 5.41) is 6.11. The largest absolute Gasteiger partial charge is 0.371 e. The third kappa shape index (κ3) is 12.3. The van der Waals surface area contributed by atoms with Gasteiger partial charge in [-0.3, -0.25) is 9.59 Å². The molecule has 2 aromatic rings. The van der Waals surface area contributed by atoms with Crippen molar-refractivity contribution in [2.45, 2.75) is 123 Å². The molecule has 1 aliphatic rings. The Hall–Kier alpha value is -2.82. The number of piperidine rings is 1. The number of rotatable bonds is 18. The second kappa shape index (κ2) is 18.6. The highest BCUT2D eigenvalue weighted by atomic mass is 16.2. The van der Waals surface area contributed by atoms with E-state index in [-0.39, 0.29) is 17.9 Å². The minimum atomic E-state index is -0.0807. The van der Waals surface area contributed by atoms with Gasteiger partial charge in [-0.2, -0.15) is 0 Å². The van der Waals surface area contributed by atoms with E-state index in [1.165, 1.54) is 63.4 Å². The first-order chi connectivity index (χ1) is 20.0. The summed E-state index contributed by atoms with van der Waals surface area (Å²) in [6, 6.07) is 16.6. The van der Waals surface area contributed by atoms with Crippen molar-refractivity contribution in [2.24, 2.45) is 5.92 Å². The number of unbranched alkanes of at least 4 members (excludes halogenated alkanes) is 10. The number of hydrogen-bond donors (Lipinski definition) is 2. The van der Waals surface area contributed by atoms with Crippen LogP contribution in [0.25, 0.3) is 0 Å². The van der Waals surface area contributed by atoms with Gasteiger partial charge in [0.25, 0.3) is 5.91 Å². The van der Waals surface area contributed by atoms with Crippen LogP contribution in [0, 0.1) is 5.92 Å². The Morgan fingerprint density at radius 3 is 2.05 bits per heavy atom. The molecule has 1 saturated heterocycles. The molecular weight excluding hydrogens is 506 g/mol. The van der Waals surface area contributed by atoms with E-state index in [0.29, 0.717) is 23.6 Å². The Labute approximate surface area is 249 Å². The van der Waals surface area contributed by atoms with Crippen molar-refractivity contribution < 1.29 is 9.59 Å². The molecule has 2 amide bonds. The lowest BCUT2D eigenvalue weighted by Gasteiger charge is -2.35. The van der Waals surface area contributed by atoms with Gasteiger partial charge in [0.15, 0.2) is 0 Å². The molecule has 1 fully saturated rings. The van der Waals surface area contributed by atoms with E-state index in [1.54, 1.807) is 0 Å². The molecule has 0 aliphatic carbocycles. The zero-order chi connectivity index (χ0) is 29.3. The molecule has 1 heterocycles. The summed E-state index contributed by atoms with van der Waals surface area (Å²) >= 11 is 0. The predicted octanol–water partition coefficient (Wildman–Crippen LogP) is 8.92. The van der Waals surface area contributed by atoms with Crippen LogP contribution < -0.4 is 15.5 Å². The molecule has 0 radical (unpaired) electrons. The summed E-state index contributed by atoms with van der Waals surface area (Å²) in [6.07, 6.45) is 17.8. The lowest BCUT2D eigenvalue weighted by molar-refractivity contribution is -0.116. The third-order valence-electron chi connectivity index (χ3n) is 8.27. The highest BCUT2D eigenvalue weighted by molar-refractivity contribution is 6.02. The SMILES string of the molecule is CCCCCCCCCCCCCC(=O)Nc1ccc(N2CCC(Cc3ccccc3)CC2)c(C(=O)NC(C)C)c1. The van der Waals surface area contributed by atoms with Gasteiger partial charge in [0.1, 0.15) is 0 Å². The number of carbonyl (C=O) groups excluding carboxylic acids is 2. The highest BCUT2D eigenvalue weighted by Crippen LogP contribution is 2.30. The van der Waals surface area contributed by atoms with E-state index in [1.807, 2.05) is 32.0 Å². The van der Waals surface area contributed by atoms with E-state index in [0.717, 1.165) is 50.9 Å². The van der Waals surface area contributed by atoms with Crippen molar-refractivity contribution in [1.82, 2.24) is 5.32 Å². The molecular formula is C36H55N3O2. The zero-order valence-electron chi connectivity index (χ0n) is 26.1. The average molecular weight is 562 g/mol. The standard InChI is InChI=1S/C36H55N3O2/c1-4-5-6-7-8-9-10-11-12-13-17-20-35(40)38-32-21-22-34(33(28-32)36(41)37-29(2)3)39-25-23-31(24-26-39)27-30-18-15-14-16-19-30/h14-16,18-19,21-22,28-29,31H,4-13,17,20,23-27H2,1-3H3,(H,37,41)(H,38,40). The summed E-state index contributed by atoms with van der Waals surface area (Å²) in [5.41, 5.74) is 3.71. The van der Waals surface area contributed by atoms with E-state index in [2.05, 4.69) is 52.8 Å². The number of amides is 2. The molecule has 3 rings (SSSR count). The molecule has 2 aromatic carbocycles. The van der Waals surface area contributed by atoms with Gasteiger partial charge >= 0.3 is 0 Å². The quantitative estimate of drug-likeness (QED) is 0.179. The first-order valence-electron chi connectivity index (χ1n) is 16.5. The first-order valence-corrected chi connectivity index (χ1v) is 16.5. The molecule has 1 aliphatic heterocycles. The van der Waals surface area contributed by atoms with Gasteiger partial charge in [-0.25, -0.2) is 0 Å².